The average molecular weight is 303 g/mol. The number of aromatic nitrogens is 2. The minimum atomic E-state index is -0.0946. The summed E-state index contributed by atoms with van der Waals surface area (Å²) in [6.07, 6.45) is 0. The van der Waals surface area contributed by atoms with E-state index in [4.69, 9.17) is 22.7 Å². The molecule has 0 radical (unpaired) electrons. The molecule has 0 saturated heterocycles. The van der Waals surface area contributed by atoms with Crippen LogP contribution in [0.2, 0.25) is 0 Å². The summed E-state index contributed by atoms with van der Waals surface area (Å²) >= 11 is 4.99. The molecule has 0 aliphatic heterocycles. The molecular weight excluding hydrogens is 286 g/mol. The quantitative estimate of drug-likeness (QED) is 0.868. The molecule has 21 heavy (non-hydrogen) atoms. The molecule has 0 bridgehead atoms. The van der Waals surface area contributed by atoms with Gasteiger partial charge in [-0.05, 0) is 32.0 Å². The number of hydrogen-bond acceptors (Lipinski definition) is 4. The van der Waals surface area contributed by atoms with Crippen molar-refractivity contribution in [2.45, 2.75) is 20.4 Å². The lowest BCUT2D eigenvalue weighted by atomic mass is 10.1. The summed E-state index contributed by atoms with van der Waals surface area (Å²) in [5.41, 5.74) is 7.84. The first-order valence-electron chi connectivity index (χ1n) is 6.44. The molecule has 1 heterocycles. The lowest BCUT2D eigenvalue weighted by Crippen LogP contribution is -2.24. The van der Waals surface area contributed by atoms with Gasteiger partial charge in [-0.15, -0.1) is 0 Å². The van der Waals surface area contributed by atoms with Crippen LogP contribution in [0.3, 0.4) is 0 Å². The molecule has 5 nitrogen and oxygen atoms in total. The Hall–Kier alpha value is -2.21. The molecule has 6 heteroatoms. The highest BCUT2D eigenvalue weighted by atomic mass is 32.1. The maximum Gasteiger partial charge on any atom is 0.254 e. The van der Waals surface area contributed by atoms with Gasteiger partial charge >= 0.3 is 0 Å². The van der Waals surface area contributed by atoms with Gasteiger partial charge in [0.1, 0.15) is 16.6 Å². The van der Waals surface area contributed by atoms with Gasteiger partial charge in [0.15, 0.2) is 0 Å². The Morgan fingerprint density at radius 2 is 2.10 bits per heavy atom. The van der Waals surface area contributed by atoms with Crippen molar-refractivity contribution < 1.29 is 4.74 Å². The second-order valence-corrected chi connectivity index (χ2v) is 5.20. The number of nitrogens with two attached hydrogens (primary N) is 1. The Labute approximate surface area is 128 Å². The van der Waals surface area contributed by atoms with Crippen LogP contribution in [0.1, 0.15) is 22.6 Å². The molecular formula is C15H17N3O2S. The standard InChI is InChI=1S/C15H17N3O2S/c1-9-6-14(19)18(10(2)17-9)8-12-7-11(15(16)21)4-5-13(12)20-3/h4-7H,8H2,1-3H3,(H2,16,21). The monoisotopic (exact) mass is 303 g/mol. The summed E-state index contributed by atoms with van der Waals surface area (Å²) in [6.45, 7) is 3.96. The summed E-state index contributed by atoms with van der Waals surface area (Å²) in [5.74, 6) is 1.34. The number of benzene rings is 1. The van der Waals surface area contributed by atoms with Crippen LogP contribution >= 0.6 is 12.2 Å². The number of aryl methyl sites for hydroxylation is 2. The molecule has 2 aromatic rings. The van der Waals surface area contributed by atoms with Gasteiger partial charge in [0.05, 0.1) is 13.7 Å². The zero-order valence-corrected chi connectivity index (χ0v) is 13.0. The molecule has 0 aliphatic carbocycles. The van der Waals surface area contributed by atoms with Crippen LogP contribution in [0.4, 0.5) is 0 Å². The van der Waals surface area contributed by atoms with E-state index in [0.29, 0.717) is 28.8 Å². The van der Waals surface area contributed by atoms with E-state index in [-0.39, 0.29) is 5.56 Å². The Bertz CT molecular complexity index is 753. The van der Waals surface area contributed by atoms with Crippen LogP contribution in [0.15, 0.2) is 29.1 Å². The minimum Gasteiger partial charge on any atom is -0.496 e. The molecule has 1 aromatic carbocycles. The van der Waals surface area contributed by atoms with E-state index in [1.54, 1.807) is 37.7 Å². The summed E-state index contributed by atoms with van der Waals surface area (Å²) < 4.78 is 6.93. The van der Waals surface area contributed by atoms with Crippen LogP contribution in [-0.4, -0.2) is 21.6 Å². The van der Waals surface area contributed by atoms with Crippen LogP contribution in [0.25, 0.3) is 0 Å². The largest absolute Gasteiger partial charge is 0.496 e. The van der Waals surface area contributed by atoms with E-state index in [9.17, 15) is 4.79 Å². The molecule has 0 saturated carbocycles. The second-order valence-electron chi connectivity index (χ2n) is 4.76. The van der Waals surface area contributed by atoms with Crippen LogP contribution in [-0.2, 0) is 6.54 Å². The van der Waals surface area contributed by atoms with E-state index >= 15 is 0 Å². The highest BCUT2D eigenvalue weighted by Gasteiger charge is 2.10. The van der Waals surface area contributed by atoms with Crippen molar-refractivity contribution in [3.05, 3.63) is 57.3 Å². The smallest absolute Gasteiger partial charge is 0.254 e. The fourth-order valence-corrected chi connectivity index (χ4v) is 2.31. The highest BCUT2D eigenvalue weighted by Crippen LogP contribution is 2.21. The van der Waals surface area contributed by atoms with Gasteiger partial charge in [-0.1, -0.05) is 12.2 Å². The van der Waals surface area contributed by atoms with Crippen molar-refractivity contribution in [2.75, 3.05) is 7.11 Å². The molecule has 0 atom stereocenters. The lowest BCUT2D eigenvalue weighted by molar-refractivity contribution is 0.407. The maximum atomic E-state index is 12.1. The topological polar surface area (TPSA) is 70.1 Å². The predicted molar refractivity (Wildman–Crippen MR) is 86.0 cm³/mol. The molecule has 0 aliphatic rings. The summed E-state index contributed by atoms with van der Waals surface area (Å²) in [7, 11) is 1.59. The molecule has 110 valence electrons. The Kier molecular flexibility index (Phi) is 4.37. The van der Waals surface area contributed by atoms with Gasteiger partial charge in [-0.25, -0.2) is 4.98 Å². The van der Waals surface area contributed by atoms with Crippen LogP contribution < -0.4 is 16.0 Å². The summed E-state index contributed by atoms with van der Waals surface area (Å²) in [6, 6.07) is 6.95. The SMILES string of the molecule is COc1ccc(C(N)=S)cc1Cn1c(C)nc(C)cc1=O. The van der Waals surface area contributed by atoms with E-state index in [1.807, 2.05) is 6.07 Å². The third-order valence-electron chi connectivity index (χ3n) is 3.22. The van der Waals surface area contributed by atoms with Crippen LogP contribution in [0.5, 0.6) is 5.75 Å². The van der Waals surface area contributed by atoms with Crippen LogP contribution in [0, 0.1) is 13.8 Å². The van der Waals surface area contributed by atoms with Crippen molar-refractivity contribution in [1.82, 2.24) is 9.55 Å². The van der Waals surface area contributed by atoms with E-state index < -0.39 is 0 Å². The molecule has 2 N–H and O–H groups in total. The number of ether oxygens (including phenoxy) is 1. The number of hydrogen-bond donors (Lipinski definition) is 1. The summed E-state index contributed by atoms with van der Waals surface area (Å²) in [5, 5.41) is 0. The van der Waals surface area contributed by atoms with Crippen molar-refractivity contribution in [3.63, 3.8) is 0 Å². The maximum absolute atomic E-state index is 12.1. The molecule has 2 rings (SSSR count). The molecule has 0 unspecified atom stereocenters. The van der Waals surface area contributed by atoms with Crippen molar-refractivity contribution in [1.29, 1.82) is 0 Å². The van der Waals surface area contributed by atoms with Gasteiger partial charge < -0.3 is 10.5 Å². The van der Waals surface area contributed by atoms with E-state index in [1.165, 1.54) is 6.07 Å². The Balaban J connectivity index is 2.50. The first-order chi connectivity index (χ1) is 9.92. The average Bonchev–Trinajstić information content (AvgIpc) is 2.42. The van der Waals surface area contributed by atoms with Crippen molar-refractivity contribution in [2.24, 2.45) is 5.73 Å². The van der Waals surface area contributed by atoms with Gasteiger partial charge in [-0.3, -0.25) is 9.36 Å². The second kappa shape index (κ2) is 6.05. The first-order valence-corrected chi connectivity index (χ1v) is 6.85. The minimum absolute atomic E-state index is 0.0946. The Morgan fingerprint density at radius 3 is 2.67 bits per heavy atom. The fraction of sp³-hybridized carbons (Fsp3) is 0.267. The number of nitrogens with zero attached hydrogens (tertiary/aromatic N) is 2. The van der Waals surface area contributed by atoms with Gasteiger partial charge in [0.25, 0.3) is 5.56 Å². The zero-order valence-electron chi connectivity index (χ0n) is 12.2. The molecule has 1 aromatic heterocycles. The van der Waals surface area contributed by atoms with Gasteiger partial charge in [0, 0.05) is 22.9 Å². The molecule has 0 fully saturated rings. The normalized spacial score (nSPS) is 10.4. The third-order valence-corrected chi connectivity index (χ3v) is 3.46. The molecule has 0 amide bonds. The van der Waals surface area contributed by atoms with Gasteiger partial charge in [-0.2, -0.15) is 0 Å². The van der Waals surface area contributed by atoms with E-state index in [0.717, 1.165) is 11.1 Å². The van der Waals surface area contributed by atoms with Crippen molar-refractivity contribution in [3.8, 4) is 5.75 Å². The zero-order chi connectivity index (χ0) is 15.6. The van der Waals surface area contributed by atoms with Gasteiger partial charge in [0.2, 0.25) is 0 Å². The Morgan fingerprint density at radius 1 is 1.38 bits per heavy atom. The first kappa shape index (κ1) is 15.2. The summed E-state index contributed by atoms with van der Waals surface area (Å²) in [4.78, 5) is 16.7. The predicted octanol–water partition coefficient (Wildman–Crippen LogP) is 1.55. The van der Waals surface area contributed by atoms with Crippen molar-refractivity contribution >= 4 is 17.2 Å². The number of rotatable bonds is 4. The molecule has 0 spiro atoms. The fourth-order valence-electron chi connectivity index (χ4n) is 2.18. The number of thiocarbonyl (C=S) groups is 1. The van der Waals surface area contributed by atoms with E-state index in [2.05, 4.69) is 4.98 Å². The number of methoxy groups -OCH3 is 1. The lowest BCUT2D eigenvalue weighted by Gasteiger charge is -2.14. The highest BCUT2D eigenvalue weighted by molar-refractivity contribution is 7.80. The third kappa shape index (κ3) is 3.28.